The van der Waals surface area contributed by atoms with Crippen molar-refractivity contribution in [3.63, 3.8) is 0 Å². The molecule has 3 heteroatoms. The van der Waals surface area contributed by atoms with Crippen molar-refractivity contribution < 1.29 is 4.74 Å². The van der Waals surface area contributed by atoms with Crippen LogP contribution in [0.3, 0.4) is 0 Å². The maximum absolute atomic E-state index is 5.69. The molecule has 2 nitrogen and oxygen atoms in total. The van der Waals surface area contributed by atoms with Crippen LogP contribution in [0.1, 0.15) is 25.6 Å². The van der Waals surface area contributed by atoms with E-state index in [1.165, 1.54) is 4.88 Å². The Kier molecular flexibility index (Phi) is 3.96. The van der Waals surface area contributed by atoms with Crippen molar-refractivity contribution in [1.82, 2.24) is 5.32 Å². The van der Waals surface area contributed by atoms with Crippen molar-refractivity contribution >= 4 is 11.3 Å². The Morgan fingerprint density at radius 1 is 1.43 bits per heavy atom. The highest BCUT2D eigenvalue weighted by Gasteiger charge is 2.20. The highest BCUT2D eigenvalue weighted by atomic mass is 32.1. The van der Waals surface area contributed by atoms with Gasteiger partial charge in [-0.15, -0.1) is 11.3 Å². The highest BCUT2D eigenvalue weighted by molar-refractivity contribution is 7.10. The van der Waals surface area contributed by atoms with Crippen LogP contribution in [0.5, 0.6) is 5.75 Å². The van der Waals surface area contributed by atoms with Gasteiger partial charge in [0.25, 0.3) is 0 Å². The maximum Gasteiger partial charge on any atom is 0.133 e. The molecule has 0 atom stereocenters. The van der Waals surface area contributed by atoms with Gasteiger partial charge < -0.3 is 10.1 Å². The quantitative estimate of drug-likeness (QED) is 0.776. The van der Waals surface area contributed by atoms with Gasteiger partial charge in [-0.3, -0.25) is 0 Å². The molecule has 1 N–H and O–H groups in total. The van der Waals surface area contributed by atoms with Gasteiger partial charge in [0, 0.05) is 6.54 Å². The molecular formula is C11H19NOS. The first-order valence-electron chi connectivity index (χ1n) is 4.91. The number of nitrogens with one attached hydrogen (secondary N) is 1. The molecule has 1 heterocycles. The lowest BCUT2D eigenvalue weighted by atomic mass is 9.94. The molecule has 0 aliphatic heterocycles. The Morgan fingerprint density at radius 3 is 2.71 bits per heavy atom. The molecule has 1 aromatic heterocycles. The summed E-state index contributed by atoms with van der Waals surface area (Å²) in [5.74, 6) is 1.04. The number of hydrogen-bond donors (Lipinski definition) is 1. The van der Waals surface area contributed by atoms with Crippen molar-refractivity contribution in [2.45, 2.75) is 26.2 Å². The average Bonchev–Trinajstić information content (AvgIpc) is 2.52. The lowest BCUT2D eigenvalue weighted by Gasteiger charge is -2.18. The molecule has 1 aromatic rings. The number of hydrogen-bond acceptors (Lipinski definition) is 3. The van der Waals surface area contributed by atoms with Gasteiger partial charge in [-0.05, 0) is 23.9 Å². The zero-order valence-electron chi connectivity index (χ0n) is 9.39. The molecule has 0 spiro atoms. The fourth-order valence-electron chi connectivity index (χ4n) is 1.22. The van der Waals surface area contributed by atoms with Gasteiger partial charge in [-0.2, -0.15) is 0 Å². The summed E-state index contributed by atoms with van der Waals surface area (Å²) < 4.78 is 5.69. The van der Waals surface area contributed by atoms with Crippen molar-refractivity contribution in [3.05, 3.63) is 16.3 Å². The monoisotopic (exact) mass is 213 g/mol. The summed E-state index contributed by atoms with van der Waals surface area (Å²) >= 11 is 1.77. The molecule has 0 saturated heterocycles. The van der Waals surface area contributed by atoms with Crippen LogP contribution in [0.15, 0.2) is 11.4 Å². The van der Waals surface area contributed by atoms with E-state index in [-0.39, 0.29) is 5.41 Å². The minimum atomic E-state index is 0.184. The molecule has 0 fully saturated rings. The van der Waals surface area contributed by atoms with E-state index in [9.17, 15) is 0 Å². The second kappa shape index (κ2) is 4.80. The summed E-state index contributed by atoms with van der Waals surface area (Å²) in [4.78, 5) is 1.33. The summed E-state index contributed by atoms with van der Waals surface area (Å²) in [5, 5.41) is 5.16. The minimum Gasteiger partial charge on any atom is -0.491 e. The second-order valence-electron chi connectivity index (χ2n) is 4.32. The first kappa shape index (κ1) is 11.5. The van der Waals surface area contributed by atoms with Gasteiger partial charge >= 0.3 is 0 Å². The summed E-state index contributed by atoms with van der Waals surface area (Å²) in [7, 11) is 1.93. The lowest BCUT2D eigenvalue weighted by molar-refractivity contribution is 0.312. The summed E-state index contributed by atoms with van der Waals surface area (Å²) in [6.07, 6.45) is 0. The second-order valence-corrected chi connectivity index (χ2v) is 5.23. The molecule has 0 unspecified atom stereocenters. The Labute approximate surface area is 90.3 Å². The third-order valence-corrected chi connectivity index (χ3v) is 3.24. The van der Waals surface area contributed by atoms with E-state index in [0.29, 0.717) is 0 Å². The zero-order valence-corrected chi connectivity index (χ0v) is 10.2. The van der Waals surface area contributed by atoms with Gasteiger partial charge in [0.1, 0.15) is 12.4 Å². The minimum absolute atomic E-state index is 0.184. The number of likely N-dealkylation sites (N-methyl/N-ethyl adjacent to an activating group) is 1. The van der Waals surface area contributed by atoms with Crippen molar-refractivity contribution in [3.8, 4) is 5.75 Å². The standard InChI is InChI=1S/C11H19NOS/c1-11(2,3)10-9(5-8-14-10)13-7-6-12-4/h5,8,12H,6-7H2,1-4H3. The van der Waals surface area contributed by atoms with Gasteiger partial charge in [-0.25, -0.2) is 0 Å². The third kappa shape index (κ3) is 3.00. The molecule has 0 bridgehead atoms. The van der Waals surface area contributed by atoms with Crippen LogP contribution in [-0.4, -0.2) is 20.2 Å². The zero-order chi connectivity index (χ0) is 10.6. The topological polar surface area (TPSA) is 21.3 Å². The maximum atomic E-state index is 5.69. The van der Waals surface area contributed by atoms with E-state index in [2.05, 4.69) is 37.5 Å². The first-order valence-corrected chi connectivity index (χ1v) is 5.79. The number of rotatable bonds is 4. The van der Waals surface area contributed by atoms with E-state index in [0.717, 1.165) is 18.9 Å². The molecule has 0 amide bonds. The van der Waals surface area contributed by atoms with Crippen LogP contribution in [0.2, 0.25) is 0 Å². The molecule has 0 radical (unpaired) electrons. The summed E-state index contributed by atoms with van der Waals surface area (Å²) in [6, 6.07) is 2.06. The van der Waals surface area contributed by atoms with E-state index >= 15 is 0 Å². The molecule has 0 aliphatic carbocycles. The van der Waals surface area contributed by atoms with Crippen LogP contribution < -0.4 is 10.1 Å². The largest absolute Gasteiger partial charge is 0.491 e. The molecule has 0 saturated carbocycles. The van der Waals surface area contributed by atoms with Crippen LogP contribution in [-0.2, 0) is 5.41 Å². The molecular weight excluding hydrogens is 194 g/mol. The lowest BCUT2D eigenvalue weighted by Crippen LogP contribution is -2.17. The normalized spacial score (nSPS) is 11.7. The van der Waals surface area contributed by atoms with Crippen LogP contribution in [0.4, 0.5) is 0 Å². The van der Waals surface area contributed by atoms with Crippen molar-refractivity contribution in [1.29, 1.82) is 0 Å². The number of ether oxygens (including phenoxy) is 1. The Balaban J connectivity index is 2.63. The van der Waals surface area contributed by atoms with E-state index < -0.39 is 0 Å². The molecule has 1 rings (SSSR count). The highest BCUT2D eigenvalue weighted by Crippen LogP contribution is 2.35. The Hall–Kier alpha value is -0.540. The van der Waals surface area contributed by atoms with Gasteiger partial charge in [0.15, 0.2) is 0 Å². The van der Waals surface area contributed by atoms with Gasteiger partial charge in [0.2, 0.25) is 0 Å². The molecule has 14 heavy (non-hydrogen) atoms. The van der Waals surface area contributed by atoms with E-state index in [1.807, 2.05) is 7.05 Å². The smallest absolute Gasteiger partial charge is 0.133 e. The average molecular weight is 213 g/mol. The predicted molar refractivity (Wildman–Crippen MR) is 62.4 cm³/mol. The molecule has 0 aliphatic rings. The van der Waals surface area contributed by atoms with Crippen LogP contribution in [0, 0.1) is 0 Å². The first-order chi connectivity index (χ1) is 6.55. The molecule has 80 valence electrons. The third-order valence-electron chi connectivity index (χ3n) is 1.92. The summed E-state index contributed by atoms with van der Waals surface area (Å²) in [6.45, 7) is 8.26. The van der Waals surface area contributed by atoms with Crippen molar-refractivity contribution in [2.75, 3.05) is 20.2 Å². The molecule has 0 aromatic carbocycles. The van der Waals surface area contributed by atoms with E-state index in [1.54, 1.807) is 11.3 Å². The van der Waals surface area contributed by atoms with Gasteiger partial charge in [-0.1, -0.05) is 20.8 Å². The Morgan fingerprint density at radius 2 is 2.14 bits per heavy atom. The number of thiophene rings is 1. The van der Waals surface area contributed by atoms with Crippen LogP contribution >= 0.6 is 11.3 Å². The Bertz CT molecular complexity index is 275. The van der Waals surface area contributed by atoms with Gasteiger partial charge in [0.05, 0.1) is 4.88 Å². The fraction of sp³-hybridized carbons (Fsp3) is 0.636. The van der Waals surface area contributed by atoms with Crippen LogP contribution in [0.25, 0.3) is 0 Å². The van der Waals surface area contributed by atoms with Crippen molar-refractivity contribution in [2.24, 2.45) is 0 Å². The predicted octanol–water partition coefficient (Wildman–Crippen LogP) is 2.64. The fourth-order valence-corrected chi connectivity index (χ4v) is 2.15. The summed E-state index contributed by atoms with van der Waals surface area (Å²) in [5.41, 5.74) is 0.184. The SMILES string of the molecule is CNCCOc1ccsc1C(C)(C)C. The van der Waals surface area contributed by atoms with E-state index in [4.69, 9.17) is 4.74 Å².